The van der Waals surface area contributed by atoms with Crippen molar-refractivity contribution in [1.29, 1.82) is 0 Å². The van der Waals surface area contributed by atoms with Gasteiger partial charge in [-0.2, -0.15) is 0 Å². The molecule has 0 bridgehead atoms. The van der Waals surface area contributed by atoms with E-state index in [2.05, 4.69) is 10.6 Å². The standard InChI is InChI=1S/C21H21N3O5/c1-13-4-7-15(8-5-13)22-19(25)12-24-20(26)17(23-21(24)27)10-14-6-9-16(28-2)11-18(14)29-3/h4-11H,12H2,1-3H3,(H,22,25)(H,23,27)/b17-10+. The highest BCUT2D eigenvalue weighted by Gasteiger charge is 2.35. The number of urea groups is 1. The number of hydrogen-bond donors (Lipinski definition) is 2. The Morgan fingerprint density at radius 2 is 1.83 bits per heavy atom. The molecule has 0 atom stereocenters. The van der Waals surface area contributed by atoms with Crippen LogP contribution in [-0.4, -0.2) is 43.5 Å². The Bertz CT molecular complexity index is 982. The van der Waals surface area contributed by atoms with Crippen LogP contribution >= 0.6 is 0 Å². The molecule has 2 aromatic carbocycles. The zero-order valence-electron chi connectivity index (χ0n) is 16.3. The fourth-order valence-corrected chi connectivity index (χ4v) is 2.79. The second kappa shape index (κ2) is 8.47. The van der Waals surface area contributed by atoms with Gasteiger partial charge in [0.1, 0.15) is 23.7 Å². The first kappa shape index (κ1) is 19.9. The summed E-state index contributed by atoms with van der Waals surface area (Å²) < 4.78 is 10.4. The maximum atomic E-state index is 12.6. The van der Waals surface area contributed by atoms with Crippen LogP contribution in [-0.2, 0) is 9.59 Å². The number of nitrogens with zero attached hydrogens (tertiary/aromatic N) is 1. The zero-order valence-corrected chi connectivity index (χ0v) is 16.3. The van der Waals surface area contributed by atoms with Gasteiger partial charge in [-0.05, 0) is 37.3 Å². The van der Waals surface area contributed by atoms with Crippen LogP contribution in [0.4, 0.5) is 10.5 Å². The topological polar surface area (TPSA) is 97.0 Å². The van der Waals surface area contributed by atoms with Crippen molar-refractivity contribution in [3.8, 4) is 11.5 Å². The van der Waals surface area contributed by atoms with E-state index in [1.165, 1.54) is 20.3 Å². The fraction of sp³-hybridized carbons (Fsp3) is 0.190. The molecule has 4 amide bonds. The van der Waals surface area contributed by atoms with Crippen molar-refractivity contribution in [3.63, 3.8) is 0 Å². The highest BCUT2D eigenvalue weighted by atomic mass is 16.5. The molecular formula is C21H21N3O5. The van der Waals surface area contributed by atoms with Gasteiger partial charge in [0, 0.05) is 17.3 Å². The van der Waals surface area contributed by atoms with Crippen LogP contribution in [0.3, 0.4) is 0 Å². The number of anilines is 1. The van der Waals surface area contributed by atoms with Crippen molar-refractivity contribution in [3.05, 3.63) is 59.3 Å². The summed E-state index contributed by atoms with van der Waals surface area (Å²) in [5, 5.41) is 5.16. The first-order chi connectivity index (χ1) is 13.9. The smallest absolute Gasteiger partial charge is 0.329 e. The number of hydrogen-bond acceptors (Lipinski definition) is 5. The number of methoxy groups -OCH3 is 2. The predicted molar refractivity (Wildman–Crippen MR) is 108 cm³/mol. The molecule has 0 unspecified atom stereocenters. The van der Waals surface area contributed by atoms with Gasteiger partial charge < -0.3 is 20.1 Å². The van der Waals surface area contributed by atoms with Crippen molar-refractivity contribution >= 4 is 29.6 Å². The molecule has 8 heteroatoms. The molecule has 150 valence electrons. The van der Waals surface area contributed by atoms with Crippen LogP contribution in [0.1, 0.15) is 11.1 Å². The van der Waals surface area contributed by atoms with Crippen LogP contribution < -0.4 is 20.1 Å². The number of imide groups is 1. The SMILES string of the molecule is COc1ccc(/C=C2/NC(=O)N(CC(=O)Nc3ccc(C)cc3)C2=O)c(OC)c1. The van der Waals surface area contributed by atoms with Crippen LogP contribution in [0.2, 0.25) is 0 Å². The van der Waals surface area contributed by atoms with Gasteiger partial charge in [-0.1, -0.05) is 17.7 Å². The zero-order chi connectivity index (χ0) is 21.0. The Morgan fingerprint density at radius 3 is 2.48 bits per heavy atom. The summed E-state index contributed by atoms with van der Waals surface area (Å²) >= 11 is 0. The number of carbonyl (C=O) groups is 3. The molecule has 1 fully saturated rings. The first-order valence-corrected chi connectivity index (χ1v) is 8.84. The summed E-state index contributed by atoms with van der Waals surface area (Å²) in [7, 11) is 3.03. The van der Waals surface area contributed by atoms with Gasteiger partial charge >= 0.3 is 6.03 Å². The molecule has 1 aliphatic rings. The Labute approximate surface area is 168 Å². The maximum Gasteiger partial charge on any atom is 0.329 e. The van der Waals surface area contributed by atoms with Gasteiger partial charge in [0.25, 0.3) is 5.91 Å². The van der Waals surface area contributed by atoms with Crippen molar-refractivity contribution in [2.75, 3.05) is 26.1 Å². The molecule has 8 nitrogen and oxygen atoms in total. The Hall–Kier alpha value is -3.81. The second-order valence-electron chi connectivity index (χ2n) is 6.40. The van der Waals surface area contributed by atoms with Crippen molar-refractivity contribution < 1.29 is 23.9 Å². The predicted octanol–water partition coefficient (Wildman–Crippen LogP) is 2.54. The molecule has 0 saturated carbocycles. The normalized spacial score (nSPS) is 14.7. The molecule has 3 rings (SSSR count). The van der Waals surface area contributed by atoms with Gasteiger partial charge in [0.15, 0.2) is 0 Å². The average Bonchev–Trinajstić information content (AvgIpc) is 2.97. The molecule has 2 aromatic rings. The Kier molecular flexibility index (Phi) is 5.82. The lowest BCUT2D eigenvalue weighted by Crippen LogP contribution is -2.38. The second-order valence-corrected chi connectivity index (χ2v) is 6.40. The molecule has 1 heterocycles. The minimum atomic E-state index is -0.659. The molecule has 29 heavy (non-hydrogen) atoms. The van der Waals surface area contributed by atoms with Crippen LogP contribution in [0.25, 0.3) is 6.08 Å². The summed E-state index contributed by atoms with van der Waals surface area (Å²) in [6.07, 6.45) is 1.50. The van der Waals surface area contributed by atoms with E-state index in [0.717, 1.165) is 10.5 Å². The van der Waals surface area contributed by atoms with Crippen LogP contribution in [0, 0.1) is 6.92 Å². The summed E-state index contributed by atoms with van der Waals surface area (Å²) in [5.74, 6) is 0.0159. The van der Waals surface area contributed by atoms with Gasteiger partial charge in [-0.25, -0.2) is 9.69 Å². The van der Waals surface area contributed by atoms with E-state index in [1.807, 2.05) is 19.1 Å². The van der Waals surface area contributed by atoms with Crippen molar-refractivity contribution in [1.82, 2.24) is 10.2 Å². The maximum absolute atomic E-state index is 12.6. The Balaban J connectivity index is 1.73. The van der Waals surface area contributed by atoms with E-state index in [9.17, 15) is 14.4 Å². The molecule has 1 saturated heterocycles. The van der Waals surface area contributed by atoms with Crippen LogP contribution in [0.15, 0.2) is 48.2 Å². The summed E-state index contributed by atoms with van der Waals surface area (Å²) in [6, 6.07) is 11.6. The molecule has 1 aliphatic heterocycles. The molecule has 0 radical (unpaired) electrons. The van der Waals surface area contributed by atoms with E-state index in [1.54, 1.807) is 30.3 Å². The van der Waals surface area contributed by atoms with E-state index in [0.29, 0.717) is 22.7 Å². The number of amides is 4. The van der Waals surface area contributed by atoms with E-state index < -0.39 is 24.4 Å². The first-order valence-electron chi connectivity index (χ1n) is 8.84. The highest BCUT2D eigenvalue weighted by Crippen LogP contribution is 2.27. The number of benzene rings is 2. The fourth-order valence-electron chi connectivity index (χ4n) is 2.79. The molecule has 0 aliphatic carbocycles. The van der Waals surface area contributed by atoms with E-state index in [4.69, 9.17) is 9.47 Å². The minimum Gasteiger partial charge on any atom is -0.497 e. The van der Waals surface area contributed by atoms with Gasteiger partial charge in [0.2, 0.25) is 5.91 Å². The monoisotopic (exact) mass is 395 g/mol. The summed E-state index contributed by atoms with van der Waals surface area (Å²) in [4.78, 5) is 37.9. The number of nitrogens with one attached hydrogen (secondary N) is 2. The van der Waals surface area contributed by atoms with E-state index >= 15 is 0 Å². The molecular weight excluding hydrogens is 374 g/mol. The Morgan fingerprint density at radius 1 is 1.10 bits per heavy atom. The lowest BCUT2D eigenvalue weighted by Gasteiger charge is -2.12. The van der Waals surface area contributed by atoms with Crippen molar-refractivity contribution in [2.45, 2.75) is 6.92 Å². The van der Waals surface area contributed by atoms with Gasteiger partial charge in [-0.3, -0.25) is 9.59 Å². The minimum absolute atomic E-state index is 0.0570. The summed E-state index contributed by atoms with van der Waals surface area (Å²) in [5.41, 5.74) is 2.29. The molecule has 2 N–H and O–H groups in total. The number of aryl methyl sites for hydroxylation is 1. The van der Waals surface area contributed by atoms with Crippen LogP contribution in [0.5, 0.6) is 11.5 Å². The lowest BCUT2D eigenvalue weighted by atomic mass is 10.1. The van der Waals surface area contributed by atoms with Gasteiger partial charge in [0.05, 0.1) is 14.2 Å². The van der Waals surface area contributed by atoms with Crippen molar-refractivity contribution in [2.24, 2.45) is 0 Å². The third-order valence-electron chi connectivity index (χ3n) is 4.34. The highest BCUT2D eigenvalue weighted by molar-refractivity contribution is 6.16. The average molecular weight is 395 g/mol. The third-order valence-corrected chi connectivity index (χ3v) is 4.34. The quantitative estimate of drug-likeness (QED) is 0.579. The number of ether oxygens (including phenoxy) is 2. The molecule has 0 aromatic heterocycles. The largest absolute Gasteiger partial charge is 0.497 e. The number of carbonyl (C=O) groups excluding carboxylic acids is 3. The van der Waals surface area contributed by atoms with Gasteiger partial charge in [-0.15, -0.1) is 0 Å². The third kappa shape index (κ3) is 4.55. The number of rotatable bonds is 6. The summed E-state index contributed by atoms with van der Waals surface area (Å²) in [6.45, 7) is 1.54. The van der Waals surface area contributed by atoms with E-state index in [-0.39, 0.29) is 5.70 Å². The molecule has 0 spiro atoms. The lowest BCUT2D eigenvalue weighted by molar-refractivity contribution is -0.127.